The summed E-state index contributed by atoms with van der Waals surface area (Å²) in [5.41, 5.74) is 9.45. The SMILES string of the molecule is c1ccc(-c2nc(-c3ccccc3)nc(-n3c4c(c5cc6c(cc53)c3ccccc3n6-c3ccccc3)CCCC4)n2)cc1. The van der Waals surface area contributed by atoms with Gasteiger partial charge in [-0.15, -0.1) is 0 Å². The highest BCUT2D eigenvalue weighted by molar-refractivity contribution is 6.14. The second-order valence-corrected chi connectivity index (χ2v) is 11.6. The minimum atomic E-state index is 0.678. The molecule has 3 aromatic heterocycles. The molecule has 0 saturated carbocycles. The van der Waals surface area contributed by atoms with Crippen LogP contribution in [0.5, 0.6) is 0 Å². The Kier molecular flexibility index (Phi) is 5.69. The number of fused-ring (bicyclic) bond motifs is 6. The summed E-state index contributed by atoms with van der Waals surface area (Å²) in [6.07, 6.45) is 4.40. The molecule has 210 valence electrons. The lowest BCUT2D eigenvalue weighted by Gasteiger charge is -2.16. The van der Waals surface area contributed by atoms with Crippen molar-refractivity contribution in [1.29, 1.82) is 0 Å². The lowest BCUT2D eigenvalue weighted by atomic mass is 9.95. The van der Waals surface area contributed by atoms with Gasteiger partial charge in [-0.3, -0.25) is 4.57 Å². The van der Waals surface area contributed by atoms with Crippen molar-refractivity contribution in [3.63, 3.8) is 0 Å². The minimum absolute atomic E-state index is 0.678. The van der Waals surface area contributed by atoms with Crippen molar-refractivity contribution in [3.8, 4) is 34.4 Å². The van der Waals surface area contributed by atoms with E-state index in [1.807, 2.05) is 36.4 Å². The Morgan fingerprint density at radius 2 is 1.02 bits per heavy atom. The zero-order chi connectivity index (χ0) is 29.0. The first-order chi connectivity index (χ1) is 21.8. The summed E-state index contributed by atoms with van der Waals surface area (Å²) in [6, 6.07) is 44.7. The fourth-order valence-electron chi connectivity index (χ4n) is 6.98. The molecule has 8 aromatic rings. The summed E-state index contributed by atoms with van der Waals surface area (Å²) in [5.74, 6) is 2.04. The zero-order valence-corrected chi connectivity index (χ0v) is 24.2. The largest absolute Gasteiger partial charge is 0.309 e. The molecule has 0 radical (unpaired) electrons. The topological polar surface area (TPSA) is 48.5 Å². The van der Waals surface area contributed by atoms with Gasteiger partial charge in [0.25, 0.3) is 0 Å². The van der Waals surface area contributed by atoms with Gasteiger partial charge < -0.3 is 4.57 Å². The fourth-order valence-corrected chi connectivity index (χ4v) is 6.98. The molecule has 0 amide bonds. The monoisotopic (exact) mass is 567 g/mol. The van der Waals surface area contributed by atoms with Crippen molar-refractivity contribution in [1.82, 2.24) is 24.1 Å². The highest BCUT2D eigenvalue weighted by Crippen LogP contribution is 2.40. The van der Waals surface area contributed by atoms with Gasteiger partial charge in [-0.1, -0.05) is 97.1 Å². The Hall–Kier alpha value is -5.55. The maximum absolute atomic E-state index is 5.16. The summed E-state index contributed by atoms with van der Waals surface area (Å²) >= 11 is 0. The van der Waals surface area contributed by atoms with Crippen LogP contribution in [-0.2, 0) is 12.8 Å². The normalized spacial score (nSPS) is 13.1. The zero-order valence-electron chi connectivity index (χ0n) is 24.2. The number of para-hydroxylation sites is 2. The maximum atomic E-state index is 5.16. The van der Waals surface area contributed by atoms with Gasteiger partial charge in [-0.05, 0) is 61.6 Å². The highest BCUT2D eigenvalue weighted by atomic mass is 15.2. The quantitative estimate of drug-likeness (QED) is 0.213. The number of benzene rings is 5. The van der Waals surface area contributed by atoms with Crippen LogP contribution < -0.4 is 0 Å². The van der Waals surface area contributed by atoms with Crippen LogP contribution in [0.3, 0.4) is 0 Å². The van der Waals surface area contributed by atoms with Crippen molar-refractivity contribution in [3.05, 3.63) is 139 Å². The molecule has 5 heteroatoms. The van der Waals surface area contributed by atoms with Crippen molar-refractivity contribution in [2.45, 2.75) is 25.7 Å². The number of aromatic nitrogens is 5. The van der Waals surface area contributed by atoms with Gasteiger partial charge in [-0.25, -0.2) is 4.98 Å². The van der Waals surface area contributed by atoms with E-state index < -0.39 is 0 Å². The van der Waals surface area contributed by atoms with E-state index in [2.05, 4.69) is 100 Å². The molecule has 44 heavy (non-hydrogen) atoms. The Bertz CT molecular complexity index is 2260. The van der Waals surface area contributed by atoms with E-state index in [-0.39, 0.29) is 0 Å². The Morgan fingerprint density at radius 3 is 1.73 bits per heavy atom. The third-order valence-electron chi connectivity index (χ3n) is 8.97. The van der Waals surface area contributed by atoms with Crippen molar-refractivity contribution >= 4 is 32.7 Å². The Morgan fingerprint density at radius 1 is 0.455 bits per heavy atom. The molecular formula is C39H29N5. The predicted molar refractivity (Wildman–Crippen MR) is 179 cm³/mol. The molecule has 3 heterocycles. The van der Waals surface area contributed by atoms with Gasteiger partial charge >= 0.3 is 0 Å². The fraction of sp³-hybridized carbons (Fsp3) is 0.103. The summed E-state index contributed by atoms with van der Waals surface area (Å²) in [6.45, 7) is 0. The number of rotatable bonds is 4. The van der Waals surface area contributed by atoms with Gasteiger partial charge in [0.15, 0.2) is 11.6 Å². The van der Waals surface area contributed by atoms with Crippen LogP contribution in [0.4, 0.5) is 0 Å². The summed E-state index contributed by atoms with van der Waals surface area (Å²) in [4.78, 5) is 15.3. The summed E-state index contributed by atoms with van der Waals surface area (Å²) in [7, 11) is 0. The van der Waals surface area contributed by atoms with Crippen molar-refractivity contribution in [2.24, 2.45) is 0 Å². The van der Waals surface area contributed by atoms with E-state index in [4.69, 9.17) is 15.0 Å². The van der Waals surface area contributed by atoms with Gasteiger partial charge in [0.05, 0.1) is 16.6 Å². The van der Waals surface area contributed by atoms with E-state index in [1.165, 1.54) is 50.6 Å². The van der Waals surface area contributed by atoms with Gasteiger partial charge in [-0.2, -0.15) is 9.97 Å². The molecule has 0 spiro atoms. The first kappa shape index (κ1) is 25.0. The molecule has 5 nitrogen and oxygen atoms in total. The third kappa shape index (κ3) is 3.89. The van der Waals surface area contributed by atoms with Crippen LogP contribution in [0, 0.1) is 0 Å². The van der Waals surface area contributed by atoms with Crippen LogP contribution in [0.25, 0.3) is 67.1 Å². The predicted octanol–water partition coefficient (Wildman–Crippen LogP) is 9.13. The van der Waals surface area contributed by atoms with E-state index in [1.54, 1.807) is 0 Å². The molecular weight excluding hydrogens is 538 g/mol. The average Bonchev–Trinajstić information content (AvgIpc) is 3.60. The molecule has 0 atom stereocenters. The van der Waals surface area contributed by atoms with E-state index in [0.29, 0.717) is 17.6 Å². The van der Waals surface area contributed by atoms with Crippen molar-refractivity contribution < 1.29 is 0 Å². The first-order valence-electron chi connectivity index (χ1n) is 15.4. The van der Waals surface area contributed by atoms with Crippen molar-refractivity contribution in [2.75, 3.05) is 0 Å². The molecule has 5 aromatic carbocycles. The number of hydrogen-bond acceptors (Lipinski definition) is 3. The number of nitrogens with zero attached hydrogens (tertiary/aromatic N) is 5. The van der Waals surface area contributed by atoms with Crippen LogP contribution in [0.2, 0.25) is 0 Å². The first-order valence-corrected chi connectivity index (χ1v) is 15.4. The molecule has 9 rings (SSSR count). The second-order valence-electron chi connectivity index (χ2n) is 11.6. The maximum Gasteiger partial charge on any atom is 0.238 e. The second kappa shape index (κ2) is 10.0. The number of aryl methyl sites for hydroxylation is 1. The molecule has 0 bridgehead atoms. The lowest BCUT2D eigenvalue weighted by Crippen LogP contribution is -2.11. The Labute approximate surface area is 255 Å². The summed E-state index contributed by atoms with van der Waals surface area (Å²) in [5, 5.41) is 3.76. The molecule has 0 unspecified atom stereocenters. The van der Waals surface area contributed by atoms with E-state index in [9.17, 15) is 0 Å². The van der Waals surface area contributed by atoms with Gasteiger partial charge in [0.1, 0.15) is 0 Å². The highest BCUT2D eigenvalue weighted by Gasteiger charge is 2.25. The summed E-state index contributed by atoms with van der Waals surface area (Å²) < 4.78 is 4.74. The van der Waals surface area contributed by atoms with Gasteiger partial charge in [0.2, 0.25) is 5.95 Å². The average molecular weight is 568 g/mol. The standard InChI is InChI=1S/C39H29N5/c1-4-14-26(15-5-1)37-40-38(27-16-6-2-7-17-27)42-39(41-37)44-34-23-13-11-21-30(34)32-24-35-31(25-36(32)44)29-20-10-12-22-33(29)43(35)28-18-8-3-9-19-28/h1-10,12,14-20,22,24-25H,11,13,21,23H2. The lowest BCUT2D eigenvalue weighted by molar-refractivity contribution is 0.661. The van der Waals surface area contributed by atoms with E-state index >= 15 is 0 Å². The molecule has 0 saturated heterocycles. The van der Waals surface area contributed by atoms with Crippen LogP contribution in [0.1, 0.15) is 24.1 Å². The van der Waals surface area contributed by atoms with Crippen LogP contribution >= 0.6 is 0 Å². The number of hydrogen-bond donors (Lipinski definition) is 0. The molecule has 0 N–H and O–H groups in total. The molecule has 1 aliphatic rings. The van der Waals surface area contributed by atoms with Crippen LogP contribution in [-0.4, -0.2) is 24.1 Å². The Balaban J connectivity index is 1.38. The van der Waals surface area contributed by atoms with Gasteiger partial charge in [0, 0.05) is 38.7 Å². The molecule has 0 aliphatic heterocycles. The molecule has 1 aliphatic carbocycles. The third-order valence-corrected chi connectivity index (χ3v) is 8.97. The van der Waals surface area contributed by atoms with Crippen LogP contribution in [0.15, 0.2) is 127 Å². The minimum Gasteiger partial charge on any atom is -0.309 e. The smallest absolute Gasteiger partial charge is 0.238 e. The van der Waals surface area contributed by atoms with E-state index in [0.717, 1.165) is 35.9 Å². The molecule has 0 fully saturated rings.